The zero-order valence-corrected chi connectivity index (χ0v) is 23.8. The van der Waals surface area contributed by atoms with Crippen LogP contribution in [-0.4, -0.2) is 19.1 Å². The van der Waals surface area contributed by atoms with Gasteiger partial charge in [0, 0.05) is 50.9 Å². The maximum atomic E-state index is 4.46. The largest absolute Gasteiger partial charge is 0.309 e. The predicted octanol–water partition coefficient (Wildman–Crippen LogP) is 10.0. The van der Waals surface area contributed by atoms with E-state index in [9.17, 15) is 0 Å². The van der Waals surface area contributed by atoms with E-state index in [-0.39, 0.29) is 0 Å². The molecule has 9 rings (SSSR count). The van der Waals surface area contributed by atoms with Gasteiger partial charge in [-0.2, -0.15) is 0 Å². The van der Waals surface area contributed by atoms with Crippen molar-refractivity contribution < 1.29 is 0 Å². The molecule has 206 valence electrons. The van der Waals surface area contributed by atoms with Crippen LogP contribution in [-0.2, 0) is 0 Å². The number of hydrogen-bond acceptors (Lipinski definition) is 2. The summed E-state index contributed by atoms with van der Waals surface area (Å²) in [4.78, 5) is 8.69. The van der Waals surface area contributed by atoms with E-state index < -0.39 is 0 Å². The zero-order valence-electron chi connectivity index (χ0n) is 23.8. The van der Waals surface area contributed by atoms with Crippen LogP contribution >= 0.6 is 0 Å². The van der Waals surface area contributed by atoms with Crippen molar-refractivity contribution in [1.82, 2.24) is 19.1 Å². The average molecular weight is 563 g/mol. The molecule has 0 radical (unpaired) electrons. The predicted molar refractivity (Wildman–Crippen MR) is 182 cm³/mol. The second-order valence-electron chi connectivity index (χ2n) is 11.1. The zero-order chi connectivity index (χ0) is 29.0. The third kappa shape index (κ3) is 3.78. The van der Waals surface area contributed by atoms with Crippen LogP contribution < -0.4 is 0 Å². The van der Waals surface area contributed by atoms with Crippen LogP contribution in [0.4, 0.5) is 0 Å². The van der Waals surface area contributed by atoms with Crippen LogP contribution in [0.3, 0.4) is 0 Å². The summed E-state index contributed by atoms with van der Waals surface area (Å²) in [6, 6.07) is 50.3. The number of fused-ring (bicyclic) bond motifs is 6. The molecular weight excluding hydrogens is 536 g/mol. The molecule has 0 aliphatic rings. The van der Waals surface area contributed by atoms with E-state index in [4.69, 9.17) is 0 Å². The molecule has 0 aliphatic heterocycles. The minimum Gasteiger partial charge on any atom is -0.309 e. The van der Waals surface area contributed by atoms with E-state index in [1.165, 1.54) is 60.4 Å². The number of rotatable bonds is 4. The van der Waals surface area contributed by atoms with E-state index in [1.807, 2.05) is 0 Å². The van der Waals surface area contributed by atoms with Crippen molar-refractivity contribution in [3.8, 4) is 33.8 Å². The first-order valence-electron chi connectivity index (χ1n) is 14.8. The molecule has 0 saturated heterocycles. The first-order chi connectivity index (χ1) is 21.8. The lowest BCUT2D eigenvalue weighted by molar-refractivity contribution is 1.17. The van der Waals surface area contributed by atoms with Gasteiger partial charge in [-0.25, -0.2) is 0 Å². The number of para-hydroxylation sites is 3. The number of hydrogen-bond donors (Lipinski definition) is 0. The lowest BCUT2D eigenvalue weighted by Gasteiger charge is -2.10. The maximum absolute atomic E-state index is 4.46. The fourth-order valence-electron chi connectivity index (χ4n) is 6.67. The Morgan fingerprint density at radius 3 is 1.45 bits per heavy atom. The molecule has 6 aromatic carbocycles. The Kier molecular flexibility index (Phi) is 5.47. The monoisotopic (exact) mass is 562 g/mol. The van der Waals surface area contributed by atoms with Gasteiger partial charge in [-0.15, -0.1) is 0 Å². The minimum absolute atomic E-state index is 0.870. The van der Waals surface area contributed by atoms with E-state index in [0.717, 1.165) is 16.9 Å². The van der Waals surface area contributed by atoms with Crippen molar-refractivity contribution in [2.45, 2.75) is 0 Å². The van der Waals surface area contributed by atoms with Crippen LogP contribution in [0.5, 0.6) is 0 Å². The third-order valence-corrected chi connectivity index (χ3v) is 8.68. The molecule has 3 heterocycles. The second kappa shape index (κ2) is 9.79. The molecule has 0 amide bonds. The van der Waals surface area contributed by atoms with Crippen LogP contribution in [0.15, 0.2) is 158 Å². The van der Waals surface area contributed by atoms with Gasteiger partial charge in [-0.05, 0) is 71.8 Å². The van der Waals surface area contributed by atoms with Crippen molar-refractivity contribution in [2.75, 3.05) is 0 Å². The quantitative estimate of drug-likeness (QED) is 0.214. The molecule has 0 N–H and O–H groups in total. The van der Waals surface area contributed by atoms with Gasteiger partial charge in [0.25, 0.3) is 0 Å². The molecule has 0 saturated carbocycles. The number of nitrogens with zero attached hydrogens (tertiary/aromatic N) is 4. The fourth-order valence-corrected chi connectivity index (χ4v) is 6.67. The van der Waals surface area contributed by atoms with Crippen molar-refractivity contribution in [3.05, 3.63) is 158 Å². The van der Waals surface area contributed by atoms with E-state index in [2.05, 4.69) is 159 Å². The summed E-state index contributed by atoms with van der Waals surface area (Å²) in [6.45, 7) is 0. The molecule has 0 spiro atoms. The molecule has 4 heteroatoms. The summed E-state index contributed by atoms with van der Waals surface area (Å²) >= 11 is 0. The SMILES string of the molecule is c1ccc(-n2c3ccccc3c3cc(-c4ccc5c(c4)c4ccccc4n5-c4ccc(-c5cnccn5)cc4)ccc32)cc1. The molecule has 44 heavy (non-hydrogen) atoms. The fraction of sp³-hybridized carbons (Fsp3) is 0. The molecule has 9 aromatic rings. The van der Waals surface area contributed by atoms with Crippen LogP contribution in [0.1, 0.15) is 0 Å². The summed E-state index contributed by atoms with van der Waals surface area (Å²) < 4.78 is 4.71. The Morgan fingerprint density at radius 1 is 0.386 bits per heavy atom. The van der Waals surface area contributed by atoms with Gasteiger partial charge in [0.05, 0.1) is 34.0 Å². The van der Waals surface area contributed by atoms with Gasteiger partial charge >= 0.3 is 0 Å². The standard InChI is InChI=1S/C40H26N4/c1-2-8-30(9-3-1)43-37-12-6-4-10-32(37)34-24-28(16-20-39(34)43)29-17-21-40-35(25-29)33-11-5-7-13-38(33)44(40)31-18-14-27(15-19-31)36-26-41-22-23-42-36/h1-26H. The van der Waals surface area contributed by atoms with Crippen LogP contribution in [0.25, 0.3) is 77.4 Å². The lowest BCUT2D eigenvalue weighted by atomic mass is 10.0. The van der Waals surface area contributed by atoms with Gasteiger partial charge in [-0.3, -0.25) is 9.97 Å². The highest BCUT2D eigenvalue weighted by molar-refractivity contribution is 6.12. The molecule has 0 unspecified atom stereocenters. The highest BCUT2D eigenvalue weighted by Gasteiger charge is 2.16. The minimum atomic E-state index is 0.870. The molecular formula is C40H26N4. The van der Waals surface area contributed by atoms with Gasteiger partial charge < -0.3 is 9.13 Å². The second-order valence-corrected chi connectivity index (χ2v) is 11.1. The number of aromatic nitrogens is 4. The van der Waals surface area contributed by atoms with Crippen molar-refractivity contribution in [1.29, 1.82) is 0 Å². The Morgan fingerprint density at radius 2 is 0.886 bits per heavy atom. The summed E-state index contributed by atoms with van der Waals surface area (Å²) in [5, 5.41) is 5.00. The Hall–Kier alpha value is -6.00. The summed E-state index contributed by atoms with van der Waals surface area (Å²) in [6.07, 6.45) is 5.23. The first-order valence-corrected chi connectivity index (χ1v) is 14.8. The molecule has 0 aliphatic carbocycles. The molecule has 0 fully saturated rings. The van der Waals surface area contributed by atoms with Crippen LogP contribution in [0, 0.1) is 0 Å². The van der Waals surface area contributed by atoms with Crippen molar-refractivity contribution >= 4 is 43.6 Å². The Bertz CT molecular complexity index is 2470. The average Bonchev–Trinajstić information content (AvgIpc) is 3.61. The van der Waals surface area contributed by atoms with E-state index >= 15 is 0 Å². The highest BCUT2D eigenvalue weighted by atomic mass is 15.0. The first kappa shape index (κ1) is 24.6. The molecule has 4 nitrogen and oxygen atoms in total. The lowest BCUT2D eigenvalue weighted by Crippen LogP contribution is -1.94. The summed E-state index contributed by atoms with van der Waals surface area (Å²) in [7, 11) is 0. The third-order valence-electron chi connectivity index (χ3n) is 8.68. The van der Waals surface area contributed by atoms with Crippen LogP contribution in [0.2, 0.25) is 0 Å². The number of benzene rings is 6. The van der Waals surface area contributed by atoms with Gasteiger partial charge in [0.2, 0.25) is 0 Å². The maximum Gasteiger partial charge on any atom is 0.0885 e. The smallest absolute Gasteiger partial charge is 0.0885 e. The van der Waals surface area contributed by atoms with Gasteiger partial charge in [0.15, 0.2) is 0 Å². The van der Waals surface area contributed by atoms with Gasteiger partial charge in [-0.1, -0.05) is 78.9 Å². The molecule has 3 aromatic heterocycles. The highest BCUT2D eigenvalue weighted by Crippen LogP contribution is 2.38. The van der Waals surface area contributed by atoms with Crippen molar-refractivity contribution in [2.24, 2.45) is 0 Å². The van der Waals surface area contributed by atoms with Gasteiger partial charge in [0.1, 0.15) is 0 Å². The van der Waals surface area contributed by atoms with E-state index in [1.54, 1.807) is 18.6 Å². The van der Waals surface area contributed by atoms with Crippen molar-refractivity contribution in [3.63, 3.8) is 0 Å². The normalized spacial score (nSPS) is 11.6. The Labute approximate surface area is 254 Å². The topological polar surface area (TPSA) is 35.6 Å². The molecule has 0 bridgehead atoms. The van der Waals surface area contributed by atoms with E-state index in [0.29, 0.717) is 0 Å². The molecule has 0 atom stereocenters. The summed E-state index contributed by atoms with van der Waals surface area (Å²) in [5.41, 5.74) is 11.4. The Balaban J connectivity index is 1.20. The summed E-state index contributed by atoms with van der Waals surface area (Å²) in [5.74, 6) is 0.